The summed E-state index contributed by atoms with van der Waals surface area (Å²) in [6, 6.07) is 15.4. The molecule has 128 valence electrons. The van der Waals surface area contributed by atoms with Crippen LogP contribution >= 0.6 is 11.6 Å². The second-order valence-corrected chi connectivity index (χ2v) is 6.13. The number of nitro groups is 1. The van der Waals surface area contributed by atoms with Crippen molar-refractivity contribution < 1.29 is 4.92 Å². The minimum absolute atomic E-state index is 0.0454. The first-order valence-corrected chi connectivity index (χ1v) is 8.00. The Kier molecular flexibility index (Phi) is 4.57. The van der Waals surface area contributed by atoms with Gasteiger partial charge in [-0.05, 0) is 25.1 Å². The molecule has 0 amide bonds. The molecule has 3 aromatic rings. The number of halogens is 1. The Bertz CT molecular complexity index is 1070. The van der Waals surface area contributed by atoms with Crippen molar-refractivity contribution in [2.45, 2.75) is 6.92 Å². The summed E-state index contributed by atoms with van der Waals surface area (Å²) >= 11 is 6.25. The molecule has 0 radical (unpaired) electrons. The van der Waals surface area contributed by atoms with Gasteiger partial charge in [-0.2, -0.15) is 5.26 Å². The molecule has 26 heavy (non-hydrogen) atoms. The molecule has 0 bridgehead atoms. The molecular weight excluding hydrogens is 352 g/mol. The lowest BCUT2D eigenvalue weighted by Crippen LogP contribution is -2.00. The average Bonchev–Trinajstić information content (AvgIpc) is 2.61. The monoisotopic (exact) mass is 364 g/mol. The Morgan fingerprint density at radius 2 is 1.96 bits per heavy atom. The molecule has 1 aromatic heterocycles. The number of hydrogen-bond donors (Lipinski definition) is 1. The summed E-state index contributed by atoms with van der Waals surface area (Å²) in [6.07, 6.45) is 0. The van der Waals surface area contributed by atoms with Crippen LogP contribution in [-0.2, 0) is 0 Å². The minimum atomic E-state index is -0.516. The Balaban J connectivity index is 2.29. The number of pyridine rings is 1. The Hall–Kier alpha value is -3.43. The lowest BCUT2D eigenvalue weighted by molar-refractivity contribution is -0.384. The van der Waals surface area contributed by atoms with Crippen LogP contribution in [0, 0.1) is 28.4 Å². The van der Waals surface area contributed by atoms with E-state index >= 15 is 0 Å². The molecule has 2 N–H and O–H groups in total. The van der Waals surface area contributed by atoms with Gasteiger partial charge in [0.1, 0.15) is 17.5 Å². The number of nitriles is 1. The number of non-ortho nitro benzene ring substituents is 1. The van der Waals surface area contributed by atoms with E-state index in [0.29, 0.717) is 16.8 Å². The molecule has 0 saturated carbocycles. The molecule has 7 heteroatoms. The quantitative estimate of drug-likeness (QED) is 0.533. The smallest absolute Gasteiger partial charge is 0.270 e. The lowest BCUT2D eigenvalue weighted by Gasteiger charge is -2.12. The van der Waals surface area contributed by atoms with Crippen molar-refractivity contribution >= 4 is 23.1 Å². The highest BCUT2D eigenvalue weighted by Crippen LogP contribution is 2.37. The van der Waals surface area contributed by atoms with E-state index in [-0.39, 0.29) is 22.1 Å². The van der Waals surface area contributed by atoms with Gasteiger partial charge in [-0.25, -0.2) is 4.98 Å². The maximum Gasteiger partial charge on any atom is 0.270 e. The van der Waals surface area contributed by atoms with Crippen LogP contribution in [0.4, 0.5) is 11.5 Å². The number of anilines is 1. The van der Waals surface area contributed by atoms with E-state index in [1.54, 1.807) is 6.07 Å². The van der Waals surface area contributed by atoms with Crippen LogP contribution < -0.4 is 5.73 Å². The average molecular weight is 365 g/mol. The van der Waals surface area contributed by atoms with Gasteiger partial charge in [-0.15, -0.1) is 0 Å². The summed E-state index contributed by atoms with van der Waals surface area (Å²) in [6.45, 7) is 1.95. The largest absolute Gasteiger partial charge is 0.383 e. The second kappa shape index (κ2) is 6.82. The third-order valence-corrected chi connectivity index (χ3v) is 4.25. The van der Waals surface area contributed by atoms with E-state index in [1.807, 2.05) is 37.3 Å². The highest BCUT2D eigenvalue weighted by Gasteiger charge is 2.18. The Labute approximate surface area is 154 Å². The molecule has 0 aliphatic carbocycles. The second-order valence-electron chi connectivity index (χ2n) is 5.72. The molecule has 0 aliphatic heterocycles. The van der Waals surface area contributed by atoms with Crippen LogP contribution in [0.3, 0.4) is 0 Å². The normalized spacial score (nSPS) is 10.3. The van der Waals surface area contributed by atoms with Gasteiger partial charge in [0.25, 0.3) is 5.69 Å². The molecule has 3 rings (SSSR count). The predicted octanol–water partition coefficient (Wildman–Crippen LogP) is 4.74. The summed E-state index contributed by atoms with van der Waals surface area (Å²) in [5, 5.41) is 20.9. The molecule has 0 saturated heterocycles. The van der Waals surface area contributed by atoms with Crippen LogP contribution in [0.1, 0.15) is 11.1 Å². The third-order valence-electron chi connectivity index (χ3n) is 3.92. The number of aryl methyl sites for hydroxylation is 1. The third kappa shape index (κ3) is 3.21. The molecular formula is C19H13ClN4O2. The van der Waals surface area contributed by atoms with Crippen LogP contribution in [0.25, 0.3) is 22.4 Å². The van der Waals surface area contributed by atoms with Gasteiger partial charge >= 0.3 is 0 Å². The molecule has 1 heterocycles. The Morgan fingerprint density at radius 1 is 1.19 bits per heavy atom. The molecule has 0 spiro atoms. The first-order valence-electron chi connectivity index (χ1n) is 7.62. The van der Waals surface area contributed by atoms with Crippen molar-refractivity contribution in [1.82, 2.24) is 4.98 Å². The maximum absolute atomic E-state index is 11.1. The standard InChI is InChI=1S/C19H13ClN4O2/c1-11-3-2-4-12(7-11)18-9-14(16(10-21)19(22)23-18)15-8-13(24(25)26)5-6-17(15)20/h2-9H,1H3,(H2,22,23). The SMILES string of the molecule is Cc1cccc(-c2cc(-c3cc([N+](=O)[O-])ccc3Cl)c(C#N)c(N)n2)c1. The van der Waals surface area contributed by atoms with Crippen molar-refractivity contribution in [3.63, 3.8) is 0 Å². The zero-order valence-electron chi connectivity index (χ0n) is 13.7. The van der Waals surface area contributed by atoms with Gasteiger partial charge in [0.15, 0.2) is 0 Å². The van der Waals surface area contributed by atoms with Crippen LogP contribution in [0.2, 0.25) is 5.02 Å². The highest BCUT2D eigenvalue weighted by molar-refractivity contribution is 6.33. The number of benzene rings is 2. The molecule has 6 nitrogen and oxygen atoms in total. The van der Waals surface area contributed by atoms with Crippen molar-refractivity contribution in [1.29, 1.82) is 5.26 Å². The van der Waals surface area contributed by atoms with E-state index in [1.165, 1.54) is 18.2 Å². The minimum Gasteiger partial charge on any atom is -0.383 e. The maximum atomic E-state index is 11.1. The molecule has 0 atom stereocenters. The van der Waals surface area contributed by atoms with E-state index in [2.05, 4.69) is 4.98 Å². The summed E-state index contributed by atoms with van der Waals surface area (Å²) in [7, 11) is 0. The van der Waals surface area contributed by atoms with Crippen LogP contribution in [0.5, 0.6) is 0 Å². The molecule has 0 unspecified atom stereocenters. The van der Waals surface area contributed by atoms with Crippen molar-refractivity contribution in [3.8, 4) is 28.5 Å². The number of nitrogens with zero attached hydrogens (tertiary/aromatic N) is 3. The van der Waals surface area contributed by atoms with Crippen molar-refractivity contribution in [3.05, 3.63) is 74.8 Å². The topological polar surface area (TPSA) is 106 Å². The zero-order valence-corrected chi connectivity index (χ0v) is 14.5. The zero-order chi connectivity index (χ0) is 18.8. The highest BCUT2D eigenvalue weighted by atomic mass is 35.5. The summed E-state index contributed by atoms with van der Waals surface area (Å²) in [5.41, 5.74) is 9.18. The van der Waals surface area contributed by atoms with Crippen LogP contribution in [0.15, 0.2) is 48.5 Å². The predicted molar refractivity (Wildman–Crippen MR) is 101 cm³/mol. The summed E-state index contributed by atoms with van der Waals surface area (Å²) < 4.78 is 0. The lowest BCUT2D eigenvalue weighted by atomic mass is 9.97. The van der Waals surface area contributed by atoms with Crippen molar-refractivity contribution in [2.24, 2.45) is 0 Å². The fourth-order valence-electron chi connectivity index (χ4n) is 2.68. The van der Waals surface area contributed by atoms with Crippen molar-refractivity contribution in [2.75, 3.05) is 5.73 Å². The number of rotatable bonds is 3. The van der Waals surface area contributed by atoms with E-state index in [4.69, 9.17) is 17.3 Å². The van der Waals surface area contributed by atoms with Gasteiger partial charge in [0, 0.05) is 33.8 Å². The van der Waals surface area contributed by atoms with E-state index in [9.17, 15) is 15.4 Å². The fraction of sp³-hybridized carbons (Fsp3) is 0.0526. The molecule has 0 aliphatic rings. The molecule has 0 fully saturated rings. The number of aromatic nitrogens is 1. The number of nitrogens with two attached hydrogens (primary N) is 1. The van der Waals surface area contributed by atoms with E-state index in [0.717, 1.165) is 11.1 Å². The fourth-order valence-corrected chi connectivity index (χ4v) is 2.90. The number of nitro benzene ring substituents is 1. The van der Waals surface area contributed by atoms with Gasteiger partial charge in [-0.3, -0.25) is 10.1 Å². The first-order chi connectivity index (χ1) is 12.4. The Morgan fingerprint density at radius 3 is 2.62 bits per heavy atom. The number of nitrogen functional groups attached to an aromatic ring is 1. The van der Waals surface area contributed by atoms with Gasteiger partial charge in [0.2, 0.25) is 0 Å². The van der Waals surface area contributed by atoms with Crippen LogP contribution in [-0.4, -0.2) is 9.91 Å². The summed E-state index contributed by atoms with van der Waals surface area (Å²) in [4.78, 5) is 14.9. The van der Waals surface area contributed by atoms with Gasteiger partial charge in [0.05, 0.1) is 10.6 Å². The van der Waals surface area contributed by atoms with E-state index < -0.39 is 4.92 Å². The first kappa shape index (κ1) is 17.4. The number of hydrogen-bond acceptors (Lipinski definition) is 5. The summed E-state index contributed by atoms with van der Waals surface area (Å²) in [5.74, 6) is 0.0454. The van der Waals surface area contributed by atoms with Gasteiger partial charge in [-0.1, -0.05) is 35.4 Å². The van der Waals surface area contributed by atoms with Gasteiger partial charge < -0.3 is 5.73 Å². The molecule has 2 aromatic carbocycles.